The van der Waals surface area contributed by atoms with Crippen LogP contribution in [-0.4, -0.2) is 52.9 Å². The lowest BCUT2D eigenvalue weighted by atomic mass is 9.87. The fourth-order valence-corrected chi connectivity index (χ4v) is 5.87. The minimum atomic E-state index is -0.116. The summed E-state index contributed by atoms with van der Waals surface area (Å²) in [6, 6.07) is 12.2. The molecule has 36 heavy (non-hydrogen) atoms. The Morgan fingerprint density at radius 2 is 1.81 bits per heavy atom. The highest BCUT2D eigenvalue weighted by Crippen LogP contribution is 2.27. The minimum Gasteiger partial charge on any atom is -0.369 e. The highest BCUT2D eigenvalue weighted by Gasteiger charge is 2.20. The number of pyridine rings is 1. The number of benzene rings is 1. The van der Waals surface area contributed by atoms with Crippen molar-refractivity contribution < 1.29 is 4.79 Å². The van der Waals surface area contributed by atoms with Crippen LogP contribution in [0, 0.1) is 5.92 Å². The molecule has 1 saturated heterocycles. The summed E-state index contributed by atoms with van der Waals surface area (Å²) in [6.45, 7) is 8.21. The summed E-state index contributed by atoms with van der Waals surface area (Å²) in [5.41, 5.74) is 4.42. The van der Waals surface area contributed by atoms with Crippen LogP contribution in [0.5, 0.6) is 0 Å². The van der Waals surface area contributed by atoms with Crippen molar-refractivity contribution in [3.8, 4) is 0 Å². The summed E-state index contributed by atoms with van der Waals surface area (Å²) in [4.78, 5) is 22.7. The zero-order chi connectivity index (χ0) is 24.9. The normalized spacial score (nSPS) is 17.6. The predicted molar refractivity (Wildman–Crippen MR) is 147 cm³/mol. The number of anilines is 1. The van der Waals surface area contributed by atoms with Crippen LogP contribution in [-0.2, 0) is 13.0 Å². The Morgan fingerprint density at radius 3 is 2.53 bits per heavy atom. The number of imidazole rings is 1. The van der Waals surface area contributed by atoms with Gasteiger partial charge in [-0.15, -0.1) is 0 Å². The van der Waals surface area contributed by atoms with E-state index in [0.29, 0.717) is 29.3 Å². The third kappa shape index (κ3) is 5.87. The molecule has 1 aliphatic heterocycles. The summed E-state index contributed by atoms with van der Waals surface area (Å²) < 4.78 is 1.82. The molecule has 1 aromatic carbocycles. The highest BCUT2D eigenvalue weighted by atomic mass is 35.5. The molecule has 2 aliphatic rings. The second-order valence-corrected chi connectivity index (χ2v) is 10.7. The first kappa shape index (κ1) is 25.1. The first-order valence-corrected chi connectivity index (χ1v) is 14.0. The van der Waals surface area contributed by atoms with E-state index in [1.165, 1.54) is 50.8 Å². The fourth-order valence-electron chi connectivity index (χ4n) is 5.72. The summed E-state index contributed by atoms with van der Waals surface area (Å²) in [5.74, 6) is 0.847. The fraction of sp³-hybridized carbons (Fsp3) is 0.517. The van der Waals surface area contributed by atoms with E-state index >= 15 is 0 Å². The van der Waals surface area contributed by atoms with Gasteiger partial charge in [-0.1, -0.05) is 62.8 Å². The van der Waals surface area contributed by atoms with Crippen molar-refractivity contribution in [3.63, 3.8) is 0 Å². The van der Waals surface area contributed by atoms with Crippen LogP contribution in [0.1, 0.15) is 67.2 Å². The van der Waals surface area contributed by atoms with E-state index < -0.39 is 0 Å². The largest absolute Gasteiger partial charge is 0.369 e. The topological polar surface area (TPSA) is 52.9 Å². The number of carbonyl (C=O) groups excluding carboxylic acids is 1. The molecule has 1 amide bonds. The SMILES string of the molecule is CCc1nc2cc(Cl)ccn2c1C(=O)NCc1ccc(N2CCN(CCC3CCCCC3)CC2)cc1. The van der Waals surface area contributed by atoms with Gasteiger partial charge in [0.15, 0.2) is 0 Å². The molecular weight excluding hydrogens is 470 g/mol. The van der Waals surface area contributed by atoms with Crippen molar-refractivity contribution >= 4 is 28.8 Å². The number of aryl methyl sites for hydroxylation is 1. The molecule has 6 nitrogen and oxygen atoms in total. The van der Waals surface area contributed by atoms with E-state index in [4.69, 9.17) is 11.6 Å². The Hall–Kier alpha value is -2.57. The second kappa shape index (κ2) is 11.7. The Bertz CT molecular complexity index is 1160. The Balaban J connectivity index is 1.12. The molecular formula is C29H38ClN5O. The quantitative estimate of drug-likeness (QED) is 0.433. The number of hydrogen-bond acceptors (Lipinski definition) is 4. The van der Waals surface area contributed by atoms with Crippen LogP contribution in [0.3, 0.4) is 0 Å². The van der Waals surface area contributed by atoms with Gasteiger partial charge in [-0.05, 0) is 49.1 Å². The lowest BCUT2D eigenvalue weighted by Gasteiger charge is -2.37. The predicted octanol–water partition coefficient (Wildman–Crippen LogP) is 5.57. The first-order valence-electron chi connectivity index (χ1n) is 13.6. The average Bonchev–Trinajstić information content (AvgIpc) is 3.29. The second-order valence-electron chi connectivity index (χ2n) is 10.3. The number of nitrogens with zero attached hydrogens (tertiary/aromatic N) is 4. The van der Waals surface area contributed by atoms with E-state index in [1.807, 2.05) is 17.5 Å². The minimum absolute atomic E-state index is 0.116. The summed E-state index contributed by atoms with van der Waals surface area (Å²) in [7, 11) is 0. The lowest BCUT2D eigenvalue weighted by Crippen LogP contribution is -2.46. The van der Waals surface area contributed by atoms with Crippen LogP contribution >= 0.6 is 11.6 Å². The maximum atomic E-state index is 13.0. The summed E-state index contributed by atoms with van der Waals surface area (Å²) in [6.07, 6.45) is 11.1. The van der Waals surface area contributed by atoms with Gasteiger partial charge in [0.1, 0.15) is 11.3 Å². The standard InChI is InChI=1S/C29H38ClN5O/c1-2-26-28(35-15-13-24(30)20-27(35)32-26)29(36)31-21-23-8-10-25(11-9-23)34-18-16-33(17-19-34)14-12-22-6-4-3-5-7-22/h8-11,13,15,20,22H,2-7,12,14,16-19,21H2,1H3,(H,31,36). The molecule has 0 bridgehead atoms. The number of halogens is 1. The smallest absolute Gasteiger partial charge is 0.270 e. The molecule has 1 N–H and O–H groups in total. The highest BCUT2D eigenvalue weighted by molar-refractivity contribution is 6.30. The number of hydrogen-bond donors (Lipinski definition) is 1. The molecule has 7 heteroatoms. The zero-order valence-electron chi connectivity index (χ0n) is 21.4. The van der Waals surface area contributed by atoms with Crippen molar-refractivity contribution in [3.05, 3.63) is 64.6 Å². The number of fused-ring (bicyclic) bond motifs is 1. The molecule has 3 aromatic rings. The number of nitrogens with one attached hydrogen (secondary N) is 1. The van der Waals surface area contributed by atoms with Gasteiger partial charge in [0.05, 0.1) is 5.69 Å². The molecule has 0 spiro atoms. The van der Waals surface area contributed by atoms with E-state index in [2.05, 4.69) is 44.4 Å². The van der Waals surface area contributed by atoms with Gasteiger partial charge in [0.25, 0.3) is 5.91 Å². The molecule has 192 valence electrons. The van der Waals surface area contributed by atoms with Crippen molar-refractivity contribution in [2.75, 3.05) is 37.6 Å². The maximum absolute atomic E-state index is 13.0. The molecule has 2 aromatic heterocycles. The van der Waals surface area contributed by atoms with E-state index in [-0.39, 0.29) is 5.91 Å². The number of rotatable bonds is 8. The molecule has 5 rings (SSSR count). The summed E-state index contributed by atoms with van der Waals surface area (Å²) in [5, 5.41) is 3.69. The molecule has 0 radical (unpaired) electrons. The van der Waals surface area contributed by atoms with Crippen molar-refractivity contribution in [2.24, 2.45) is 5.92 Å². The molecule has 1 aliphatic carbocycles. The van der Waals surface area contributed by atoms with Crippen LogP contribution in [0.2, 0.25) is 5.02 Å². The summed E-state index contributed by atoms with van der Waals surface area (Å²) >= 11 is 6.10. The van der Waals surface area contributed by atoms with Crippen LogP contribution in [0.4, 0.5) is 5.69 Å². The first-order chi connectivity index (χ1) is 17.6. The molecule has 3 heterocycles. The van der Waals surface area contributed by atoms with Crippen LogP contribution in [0.15, 0.2) is 42.6 Å². The molecule has 2 fully saturated rings. The van der Waals surface area contributed by atoms with E-state index in [0.717, 1.165) is 43.4 Å². The van der Waals surface area contributed by atoms with Gasteiger partial charge >= 0.3 is 0 Å². The Kier molecular flexibility index (Phi) is 8.12. The van der Waals surface area contributed by atoms with Gasteiger partial charge in [0, 0.05) is 55.7 Å². The number of piperazine rings is 1. The van der Waals surface area contributed by atoms with Crippen molar-refractivity contribution in [1.29, 1.82) is 0 Å². The Labute approximate surface area is 219 Å². The van der Waals surface area contributed by atoms with Gasteiger partial charge in [-0.2, -0.15) is 0 Å². The number of aromatic nitrogens is 2. The van der Waals surface area contributed by atoms with Crippen LogP contribution < -0.4 is 10.2 Å². The maximum Gasteiger partial charge on any atom is 0.270 e. The van der Waals surface area contributed by atoms with E-state index in [9.17, 15) is 4.79 Å². The molecule has 0 atom stereocenters. The number of amides is 1. The van der Waals surface area contributed by atoms with Gasteiger partial charge < -0.3 is 10.2 Å². The molecule has 1 saturated carbocycles. The number of carbonyl (C=O) groups is 1. The van der Waals surface area contributed by atoms with Gasteiger partial charge in [-0.25, -0.2) is 4.98 Å². The van der Waals surface area contributed by atoms with Crippen molar-refractivity contribution in [1.82, 2.24) is 19.6 Å². The monoisotopic (exact) mass is 507 g/mol. The van der Waals surface area contributed by atoms with Gasteiger partial charge in [-0.3, -0.25) is 14.1 Å². The van der Waals surface area contributed by atoms with Crippen molar-refractivity contribution in [2.45, 2.75) is 58.4 Å². The Morgan fingerprint density at radius 1 is 1.06 bits per heavy atom. The zero-order valence-corrected chi connectivity index (χ0v) is 22.1. The van der Waals surface area contributed by atoms with Gasteiger partial charge in [0.2, 0.25) is 0 Å². The molecule has 0 unspecified atom stereocenters. The third-order valence-corrected chi connectivity index (χ3v) is 8.15. The average molecular weight is 508 g/mol. The lowest BCUT2D eigenvalue weighted by molar-refractivity contribution is 0.0944. The van der Waals surface area contributed by atoms with E-state index in [1.54, 1.807) is 12.1 Å². The third-order valence-electron chi connectivity index (χ3n) is 7.92. The van der Waals surface area contributed by atoms with Crippen LogP contribution in [0.25, 0.3) is 5.65 Å².